The van der Waals surface area contributed by atoms with E-state index < -0.39 is 0 Å². The van der Waals surface area contributed by atoms with Crippen LogP contribution in [0.4, 0.5) is 0 Å². The van der Waals surface area contributed by atoms with E-state index in [1.165, 1.54) is 32.1 Å². The molecule has 1 saturated heterocycles. The lowest BCUT2D eigenvalue weighted by molar-refractivity contribution is 0.166. The smallest absolute Gasteiger partial charge is 0.208 e. The first kappa shape index (κ1) is 27.2. The fraction of sp³-hybridized carbons (Fsp3) is 0.826. The number of piperidine rings is 1. The van der Waals surface area contributed by atoms with Crippen LogP contribution in [0.25, 0.3) is 0 Å². The van der Waals surface area contributed by atoms with Gasteiger partial charge in [0.25, 0.3) is 0 Å². The Hall–Kier alpha value is -0.830. The van der Waals surface area contributed by atoms with Crippen LogP contribution in [0.5, 0.6) is 0 Å². The maximum absolute atomic E-state index is 5.74. The van der Waals surface area contributed by atoms with Crippen LogP contribution in [0.1, 0.15) is 77.1 Å². The van der Waals surface area contributed by atoms with Gasteiger partial charge >= 0.3 is 0 Å². The average Bonchev–Trinajstić information content (AvgIpc) is 2.98. The Labute approximate surface area is 201 Å². The van der Waals surface area contributed by atoms with E-state index in [9.17, 15) is 0 Å². The standard InChI is InChI=1S/C23H43N5O.HI/c1-7-24-23(26-18(4)10-8-9-17(2)3)25-15-21-11-13-28(14-12-21)16-22-27-19(5)20(6)29-22;/h17-18,21H,7-16H2,1-6H3,(H2,24,25,26);1H. The second-order valence-electron chi connectivity index (χ2n) is 9.06. The molecular formula is C23H44IN5O. The number of halogens is 1. The monoisotopic (exact) mass is 533 g/mol. The number of hydrogen-bond acceptors (Lipinski definition) is 4. The third-order valence-electron chi connectivity index (χ3n) is 5.79. The number of aromatic nitrogens is 1. The lowest BCUT2D eigenvalue weighted by Gasteiger charge is -2.30. The summed E-state index contributed by atoms with van der Waals surface area (Å²) in [6.07, 6.45) is 6.13. The quantitative estimate of drug-likeness (QED) is 0.255. The maximum atomic E-state index is 5.74. The third-order valence-corrected chi connectivity index (χ3v) is 5.79. The summed E-state index contributed by atoms with van der Waals surface area (Å²) >= 11 is 0. The van der Waals surface area contributed by atoms with E-state index in [0.29, 0.717) is 12.0 Å². The minimum absolute atomic E-state index is 0. The molecule has 1 fully saturated rings. The average molecular weight is 534 g/mol. The van der Waals surface area contributed by atoms with Crippen molar-refractivity contribution in [2.24, 2.45) is 16.8 Å². The van der Waals surface area contributed by atoms with Gasteiger partial charge in [0, 0.05) is 19.1 Å². The molecule has 0 saturated carbocycles. The number of aryl methyl sites for hydroxylation is 2. The van der Waals surface area contributed by atoms with Gasteiger partial charge in [0.15, 0.2) is 5.96 Å². The van der Waals surface area contributed by atoms with Crippen molar-refractivity contribution in [3.63, 3.8) is 0 Å². The number of rotatable bonds is 10. The highest BCUT2D eigenvalue weighted by atomic mass is 127. The molecule has 0 bridgehead atoms. The first-order valence-electron chi connectivity index (χ1n) is 11.6. The van der Waals surface area contributed by atoms with Crippen molar-refractivity contribution in [1.82, 2.24) is 20.5 Å². The van der Waals surface area contributed by atoms with Gasteiger partial charge in [-0.2, -0.15) is 0 Å². The molecule has 1 aromatic rings. The SMILES string of the molecule is CCNC(=NCC1CCN(Cc2nc(C)c(C)o2)CC1)NC(C)CCCC(C)C.I. The number of nitrogens with one attached hydrogen (secondary N) is 2. The van der Waals surface area contributed by atoms with Crippen molar-refractivity contribution >= 4 is 29.9 Å². The van der Waals surface area contributed by atoms with E-state index in [4.69, 9.17) is 9.41 Å². The van der Waals surface area contributed by atoms with E-state index in [0.717, 1.165) is 61.9 Å². The summed E-state index contributed by atoms with van der Waals surface area (Å²) < 4.78 is 5.74. The van der Waals surface area contributed by atoms with Gasteiger partial charge in [-0.25, -0.2) is 4.98 Å². The molecular weight excluding hydrogens is 489 g/mol. The summed E-state index contributed by atoms with van der Waals surface area (Å²) in [6.45, 7) is 17.8. The summed E-state index contributed by atoms with van der Waals surface area (Å²) in [5.41, 5.74) is 1.01. The van der Waals surface area contributed by atoms with Crippen LogP contribution >= 0.6 is 24.0 Å². The molecule has 0 aromatic carbocycles. The summed E-state index contributed by atoms with van der Waals surface area (Å²) in [5, 5.41) is 7.00. The van der Waals surface area contributed by atoms with Gasteiger partial charge in [-0.05, 0) is 71.9 Å². The molecule has 1 atom stereocenters. The van der Waals surface area contributed by atoms with Crippen molar-refractivity contribution in [3.8, 4) is 0 Å². The highest BCUT2D eigenvalue weighted by Gasteiger charge is 2.21. The highest BCUT2D eigenvalue weighted by molar-refractivity contribution is 14.0. The molecule has 2 N–H and O–H groups in total. The largest absolute Gasteiger partial charge is 0.444 e. The van der Waals surface area contributed by atoms with Crippen LogP contribution < -0.4 is 10.6 Å². The Morgan fingerprint density at radius 1 is 1.20 bits per heavy atom. The minimum Gasteiger partial charge on any atom is -0.444 e. The summed E-state index contributed by atoms with van der Waals surface area (Å²) in [7, 11) is 0. The highest BCUT2D eigenvalue weighted by Crippen LogP contribution is 2.20. The fourth-order valence-corrected chi connectivity index (χ4v) is 3.80. The molecule has 1 unspecified atom stereocenters. The second kappa shape index (κ2) is 14.3. The van der Waals surface area contributed by atoms with Crippen LogP contribution in [0.15, 0.2) is 9.41 Å². The second-order valence-corrected chi connectivity index (χ2v) is 9.06. The van der Waals surface area contributed by atoms with E-state index in [1.54, 1.807) is 0 Å². The molecule has 30 heavy (non-hydrogen) atoms. The van der Waals surface area contributed by atoms with Crippen LogP contribution in [0.2, 0.25) is 0 Å². The summed E-state index contributed by atoms with van der Waals surface area (Å²) in [6, 6.07) is 0.459. The molecule has 1 aliphatic heterocycles. The van der Waals surface area contributed by atoms with E-state index in [1.807, 2.05) is 13.8 Å². The van der Waals surface area contributed by atoms with Gasteiger partial charge in [0.1, 0.15) is 5.76 Å². The van der Waals surface area contributed by atoms with Crippen molar-refractivity contribution in [1.29, 1.82) is 0 Å². The van der Waals surface area contributed by atoms with E-state index in [2.05, 4.69) is 48.2 Å². The number of aliphatic imine (C=N–C) groups is 1. The van der Waals surface area contributed by atoms with Crippen LogP contribution in [-0.2, 0) is 6.54 Å². The summed E-state index contributed by atoms with van der Waals surface area (Å²) in [5.74, 6) is 4.20. The molecule has 1 aliphatic rings. The lowest BCUT2D eigenvalue weighted by atomic mass is 9.97. The van der Waals surface area contributed by atoms with Crippen molar-refractivity contribution in [2.45, 2.75) is 86.2 Å². The maximum Gasteiger partial charge on any atom is 0.208 e. The van der Waals surface area contributed by atoms with Crippen LogP contribution in [0, 0.1) is 25.7 Å². The van der Waals surface area contributed by atoms with Gasteiger partial charge in [-0.15, -0.1) is 24.0 Å². The van der Waals surface area contributed by atoms with Gasteiger partial charge < -0.3 is 15.1 Å². The Morgan fingerprint density at radius 3 is 2.47 bits per heavy atom. The number of guanidine groups is 1. The first-order valence-corrected chi connectivity index (χ1v) is 11.6. The molecule has 2 rings (SSSR count). The Bertz CT molecular complexity index is 604. The molecule has 7 heteroatoms. The van der Waals surface area contributed by atoms with E-state index >= 15 is 0 Å². The molecule has 0 aliphatic carbocycles. The van der Waals surface area contributed by atoms with Crippen molar-refractivity contribution in [2.75, 3.05) is 26.2 Å². The Morgan fingerprint density at radius 2 is 1.90 bits per heavy atom. The first-order chi connectivity index (χ1) is 13.9. The molecule has 174 valence electrons. The fourth-order valence-electron chi connectivity index (χ4n) is 3.80. The van der Waals surface area contributed by atoms with Crippen molar-refractivity contribution < 1.29 is 4.42 Å². The number of likely N-dealkylation sites (tertiary alicyclic amines) is 1. The van der Waals surface area contributed by atoms with E-state index in [-0.39, 0.29) is 24.0 Å². The Kier molecular flexibility index (Phi) is 12.9. The number of oxazole rings is 1. The number of hydrogen-bond donors (Lipinski definition) is 2. The van der Waals surface area contributed by atoms with Crippen molar-refractivity contribution in [3.05, 3.63) is 17.3 Å². The zero-order valence-electron chi connectivity index (χ0n) is 20.0. The van der Waals surface area contributed by atoms with Crippen LogP contribution in [0.3, 0.4) is 0 Å². The zero-order valence-corrected chi connectivity index (χ0v) is 22.3. The van der Waals surface area contributed by atoms with Gasteiger partial charge in [-0.1, -0.05) is 26.7 Å². The Balaban J connectivity index is 0.00000450. The topological polar surface area (TPSA) is 65.7 Å². The van der Waals surface area contributed by atoms with Crippen LogP contribution in [-0.4, -0.2) is 48.1 Å². The molecule has 0 radical (unpaired) electrons. The van der Waals surface area contributed by atoms with Gasteiger partial charge in [0.05, 0.1) is 12.2 Å². The lowest BCUT2D eigenvalue weighted by Crippen LogP contribution is -2.42. The molecule has 0 spiro atoms. The third kappa shape index (κ3) is 9.98. The normalized spacial score (nSPS) is 17.1. The molecule has 0 amide bonds. The molecule has 6 nitrogen and oxygen atoms in total. The predicted octanol–water partition coefficient (Wildman–Crippen LogP) is 4.89. The molecule has 1 aromatic heterocycles. The summed E-state index contributed by atoms with van der Waals surface area (Å²) in [4.78, 5) is 11.9. The molecule has 2 heterocycles. The minimum atomic E-state index is 0. The van der Waals surface area contributed by atoms with Gasteiger partial charge in [0.2, 0.25) is 5.89 Å². The van der Waals surface area contributed by atoms with Gasteiger partial charge in [-0.3, -0.25) is 9.89 Å². The predicted molar refractivity (Wildman–Crippen MR) is 137 cm³/mol. The zero-order chi connectivity index (χ0) is 21.2. The number of nitrogens with zero attached hydrogens (tertiary/aromatic N) is 3.